The number of benzene rings is 3. The third-order valence-corrected chi connectivity index (χ3v) is 5.60. The van der Waals surface area contributed by atoms with Crippen LogP contribution < -0.4 is 0 Å². The summed E-state index contributed by atoms with van der Waals surface area (Å²) in [6, 6.07) is 11.1. The standard InChI is InChI=1S/C29H20F5N/c1-2-3-4-19-5-9-22(35-17-19)10-6-20-14-25(30)24(26(31)15-20)12-8-18-7-11-23-21(13-18)16-27(32)29(34)28(23)33/h2,5,7,9,11,13-17H,1,3-4,6,10H2. The maximum atomic E-state index is 14.6. The third kappa shape index (κ3) is 5.58. The van der Waals surface area contributed by atoms with Gasteiger partial charge in [0, 0.05) is 22.8 Å². The largest absolute Gasteiger partial charge is 0.261 e. The first-order chi connectivity index (χ1) is 16.9. The molecule has 0 bridgehead atoms. The van der Waals surface area contributed by atoms with Crippen LogP contribution in [0.25, 0.3) is 10.8 Å². The van der Waals surface area contributed by atoms with Crippen LogP contribution in [-0.2, 0) is 19.3 Å². The minimum absolute atomic E-state index is 0.0897. The summed E-state index contributed by atoms with van der Waals surface area (Å²) >= 11 is 0. The van der Waals surface area contributed by atoms with Gasteiger partial charge in [0.15, 0.2) is 17.5 Å². The molecule has 3 aromatic carbocycles. The molecule has 0 fully saturated rings. The minimum Gasteiger partial charge on any atom is -0.261 e. The van der Waals surface area contributed by atoms with Gasteiger partial charge in [-0.15, -0.1) is 6.58 Å². The molecule has 35 heavy (non-hydrogen) atoms. The molecule has 0 unspecified atom stereocenters. The summed E-state index contributed by atoms with van der Waals surface area (Å²) in [6.07, 6.45) is 6.30. The monoisotopic (exact) mass is 477 g/mol. The maximum Gasteiger partial charge on any atom is 0.195 e. The normalized spacial score (nSPS) is 10.8. The van der Waals surface area contributed by atoms with Gasteiger partial charge in [0.2, 0.25) is 0 Å². The molecule has 0 aliphatic heterocycles. The predicted octanol–water partition coefficient (Wildman–Crippen LogP) is 7.23. The Morgan fingerprint density at radius 2 is 1.51 bits per heavy atom. The van der Waals surface area contributed by atoms with Crippen LogP contribution in [-0.4, -0.2) is 4.98 Å². The first kappa shape index (κ1) is 24.2. The zero-order valence-electron chi connectivity index (χ0n) is 18.6. The number of fused-ring (bicyclic) bond motifs is 1. The average molecular weight is 477 g/mol. The van der Waals surface area contributed by atoms with Crippen molar-refractivity contribution in [2.24, 2.45) is 0 Å². The van der Waals surface area contributed by atoms with E-state index in [0.717, 1.165) is 30.2 Å². The lowest BCUT2D eigenvalue weighted by Crippen LogP contribution is -1.99. The molecular weight excluding hydrogens is 457 g/mol. The van der Waals surface area contributed by atoms with Crippen LogP contribution in [0.1, 0.15) is 34.4 Å². The summed E-state index contributed by atoms with van der Waals surface area (Å²) in [5.74, 6) is -0.750. The van der Waals surface area contributed by atoms with Crippen LogP contribution >= 0.6 is 0 Å². The van der Waals surface area contributed by atoms with Gasteiger partial charge >= 0.3 is 0 Å². The van der Waals surface area contributed by atoms with E-state index in [2.05, 4.69) is 23.4 Å². The van der Waals surface area contributed by atoms with Crippen molar-refractivity contribution >= 4 is 10.8 Å². The van der Waals surface area contributed by atoms with Gasteiger partial charge in [-0.1, -0.05) is 30.0 Å². The van der Waals surface area contributed by atoms with Crippen LogP contribution in [0.3, 0.4) is 0 Å². The Labute approximate surface area is 200 Å². The van der Waals surface area contributed by atoms with Crippen LogP contribution in [0.4, 0.5) is 22.0 Å². The van der Waals surface area contributed by atoms with Crippen LogP contribution in [0, 0.1) is 40.9 Å². The van der Waals surface area contributed by atoms with Crippen molar-refractivity contribution in [3.63, 3.8) is 0 Å². The molecule has 0 amide bonds. The lowest BCUT2D eigenvalue weighted by molar-refractivity contribution is 0.453. The summed E-state index contributed by atoms with van der Waals surface area (Å²) < 4.78 is 70.0. The van der Waals surface area contributed by atoms with Gasteiger partial charge in [0.25, 0.3) is 0 Å². The SMILES string of the molecule is C=CCCc1ccc(CCc2cc(F)c(C#Cc3ccc4c(F)c(F)c(F)cc4c3)c(F)c2)nc1. The quantitative estimate of drug-likeness (QED) is 0.124. The van der Waals surface area contributed by atoms with Gasteiger partial charge < -0.3 is 0 Å². The molecule has 0 aliphatic rings. The summed E-state index contributed by atoms with van der Waals surface area (Å²) in [7, 11) is 0. The maximum absolute atomic E-state index is 14.6. The fourth-order valence-corrected chi connectivity index (χ4v) is 3.70. The first-order valence-electron chi connectivity index (χ1n) is 11.0. The smallest absolute Gasteiger partial charge is 0.195 e. The van der Waals surface area contributed by atoms with Crippen molar-refractivity contribution in [2.75, 3.05) is 0 Å². The highest BCUT2D eigenvalue weighted by Gasteiger charge is 2.14. The van der Waals surface area contributed by atoms with E-state index >= 15 is 0 Å². The second-order valence-electron chi connectivity index (χ2n) is 8.09. The lowest BCUT2D eigenvalue weighted by atomic mass is 10.0. The molecule has 6 heteroatoms. The Morgan fingerprint density at radius 3 is 2.20 bits per heavy atom. The van der Waals surface area contributed by atoms with Gasteiger partial charge in [-0.3, -0.25) is 4.98 Å². The molecule has 4 rings (SSSR count). The molecule has 0 spiro atoms. The Kier molecular flexibility index (Phi) is 7.26. The van der Waals surface area contributed by atoms with Crippen LogP contribution in [0.5, 0.6) is 0 Å². The van der Waals surface area contributed by atoms with Gasteiger partial charge in [-0.2, -0.15) is 0 Å². The Morgan fingerprint density at radius 1 is 0.743 bits per heavy atom. The summed E-state index contributed by atoms with van der Waals surface area (Å²) in [6.45, 7) is 3.70. The average Bonchev–Trinajstić information content (AvgIpc) is 2.85. The molecule has 0 atom stereocenters. The first-order valence-corrected chi connectivity index (χ1v) is 11.0. The third-order valence-electron chi connectivity index (χ3n) is 5.60. The highest BCUT2D eigenvalue weighted by molar-refractivity contribution is 5.84. The lowest BCUT2D eigenvalue weighted by Gasteiger charge is -2.06. The second kappa shape index (κ2) is 10.5. The predicted molar refractivity (Wildman–Crippen MR) is 126 cm³/mol. The number of halogens is 5. The molecule has 1 heterocycles. The van der Waals surface area contributed by atoms with Crippen LogP contribution in [0.2, 0.25) is 0 Å². The van der Waals surface area contributed by atoms with E-state index in [4.69, 9.17) is 0 Å². The van der Waals surface area contributed by atoms with E-state index in [1.165, 1.54) is 30.3 Å². The number of hydrogen-bond donors (Lipinski definition) is 0. The van der Waals surface area contributed by atoms with E-state index in [0.29, 0.717) is 18.4 Å². The van der Waals surface area contributed by atoms with Crippen molar-refractivity contribution in [1.29, 1.82) is 0 Å². The number of rotatable bonds is 6. The summed E-state index contributed by atoms with van der Waals surface area (Å²) in [4.78, 5) is 4.40. The fourth-order valence-electron chi connectivity index (χ4n) is 3.70. The number of aryl methyl sites for hydroxylation is 3. The highest BCUT2D eigenvalue weighted by Crippen LogP contribution is 2.24. The molecule has 0 radical (unpaired) electrons. The number of hydrogen-bond acceptors (Lipinski definition) is 1. The van der Waals surface area contributed by atoms with Crippen molar-refractivity contribution in [2.45, 2.75) is 25.7 Å². The number of allylic oxidation sites excluding steroid dienone is 1. The Balaban J connectivity index is 1.50. The Hall–Kier alpha value is -3.98. The number of pyridine rings is 1. The second-order valence-corrected chi connectivity index (χ2v) is 8.09. The van der Waals surface area contributed by atoms with Gasteiger partial charge in [-0.05, 0) is 78.6 Å². The molecule has 0 saturated heterocycles. The molecule has 4 aromatic rings. The Bertz CT molecular complexity index is 1440. The molecule has 1 nitrogen and oxygen atoms in total. The van der Waals surface area contributed by atoms with Crippen molar-refractivity contribution in [3.05, 3.63) is 124 Å². The number of aromatic nitrogens is 1. The van der Waals surface area contributed by atoms with E-state index in [1.54, 1.807) is 6.20 Å². The van der Waals surface area contributed by atoms with Gasteiger partial charge in [0.1, 0.15) is 11.6 Å². The zero-order chi connectivity index (χ0) is 24.9. The molecule has 0 aliphatic carbocycles. The summed E-state index contributed by atoms with van der Waals surface area (Å²) in [5.41, 5.74) is 2.26. The zero-order valence-corrected chi connectivity index (χ0v) is 18.6. The van der Waals surface area contributed by atoms with E-state index in [9.17, 15) is 22.0 Å². The van der Waals surface area contributed by atoms with Gasteiger partial charge in [-0.25, -0.2) is 22.0 Å². The molecule has 1 aromatic heterocycles. The van der Waals surface area contributed by atoms with Crippen molar-refractivity contribution < 1.29 is 22.0 Å². The van der Waals surface area contributed by atoms with Crippen molar-refractivity contribution in [3.8, 4) is 11.8 Å². The van der Waals surface area contributed by atoms with Crippen LogP contribution in [0.15, 0.2) is 67.4 Å². The van der Waals surface area contributed by atoms with E-state index in [-0.39, 0.29) is 16.3 Å². The minimum atomic E-state index is -1.56. The number of nitrogens with zero attached hydrogens (tertiary/aromatic N) is 1. The molecule has 0 saturated carbocycles. The summed E-state index contributed by atoms with van der Waals surface area (Å²) in [5, 5.41) is -0.0242. The highest BCUT2D eigenvalue weighted by atomic mass is 19.2. The topological polar surface area (TPSA) is 12.9 Å². The van der Waals surface area contributed by atoms with Gasteiger partial charge in [0.05, 0.1) is 5.56 Å². The molecule has 176 valence electrons. The van der Waals surface area contributed by atoms with E-state index < -0.39 is 34.6 Å². The molecule has 0 N–H and O–H groups in total. The fraction of sp³-hybridized carbons (Fsp3) is 0.138. The van der Waals surface area contributed by atoms with E-state index in [1.807, 2.05) is 18.2 Å². The molecular formula is C29H20F5N. The van der Waals surface area contributed by atoms with Crippen molar-refractivity contribution in [1.82, 2.24) is 4.98 Å².